The molecule has 0 radical (unpaired) electrons. The van der Waals surface area contributed by atoms with Crippen LogP contribution in [0.4, 0.5) is 0 Å². The lowest BCUT2D eigenvalue weighted by Crippen LogP contribution is -2.15. The minimum Gasteiger partial charge on any atom is -0.438 e. The smallest absolute Gasteiger partial charge is 0.314 e. The van der Waals surface area contributed by atoms with Gasteiger partial charge in [-0.2, -0.15) is 9.78 Å². The van der Waals surface area contributed by atoms with E-state index >= 15 is 0 Å². The molecule has 0 aliphatic carbocycles. The van der Waals surface area contributed by atoms with Crippen molar-refractivity contribution in [3.63, 3.8) is 0 Å². The van der Waals surface area contributed by atoms with Gasteiger partial charge in [0.15, 0.2) is 5.76 Å². The lowest BCUT2D eigenvalue weighted by molar-refractivity contribution is 0.0909. The summed E-state index contributed by atoms with van der Waals surface area (Å²) >= 11 is 0. The summed E-state index contributed by atoms with van der Waals surface area (Å²) in [4.78, 5) is 12.3. The van der Waals surface area contributed by atoms with Gasteiger partial charge >= 0.3 is 5.91 Å². The Hall–Kier alpha value is -1.97. The molecule has 8 nitrogen and oxygen atoms in total. The van der Waals surface area contributed by atoms with Crippen LogP contribution in [-0.4, -0.2) is 30.7 Å². The summed E-state index contributed by atoms with van der Waals surface area (Å²) in [6, 6.07) is 2.39. The second kappa shape index (κ2) is 5.43. The number of aromatic nitrogens is 2. The van der Waals surface area contributed by atoms with Crippen LogP contribution in [0.2, 0.25) is 0 Å². The zero-order chi connectivity index (χ0) is 15.8. The Morgan fingerprint density at radius 3 is 2.57 bits per heavy atom. The van der Waals surface area contributed by atoms with Crippen LogP contribution in [0.1, 0.15) is 27.5 Å². The maximum atomic E-state index is 12.3. The number of sulfonamides is 1. The van der Waals surface area contributed by atoms with Gasteiger partial charge in [0.25, 0.3) is 10.0 Å². The number of carbonyl (C=O) groups excluding carboxylic acids is 1. The number of furan rings is 1. The summed E-state index contributed by atoms with van der Waals surface area (Å²) in [7, 11) is -3.98. The van der Waals surface area contributed by atoms with E-state index in [-0.39, 0.29) is 5.76 Å². The highest BCUT2D eigenvalue weighted by Crippen LogP contribution is 2.17. The number of nitrogens with zero attached hydrogens (tertiary/aromatic N) is 2. The number of hydrogen-bond acceptors (Lipinski definition) is 6. The summed E-state index contributed by atoms with van der Waals surface area (Å²) in [5, 5.41) is 8.62. The molecule has 9 heteroatoms. The van der Waals surface area contributed by atoms with Crippen molar-refractivity contribution in [2.45, 2.75) is 25.4 Å². The standard InChI is InChI=1S/C12H16N4O4S/c1-7-9(5-6-13)8(2)16(15-7)12(17)10-3-4-11(20-10)21(14,18)19/h3-4H,5-6,13H2,1-2H3,(H2,14,18,19). The van der Waals surface area contributed by atoms with Crippen LogP contribution >= 0.6 is 0 Å². The Morgan fingerprint density at radius 1 is 1.38 bits per heavy atom. The van der Waals surface area contributed by atoms with E-state index in [1.807, 2.05) is 0 Å². The zero-order valence-corrected chi connectivity index (χ0v) is 12.5. The molecule has 0 aliphatic heterocycles. The van der Waals surface area contributed by atoms with Crippen LogP contribution in [0.25, 0.3) is 0 Å². The van der Waals surface area contributed by atoms with Gasteiger partial charge in [0, 0.05) is 5.69 Å². The molecule has 2 aromatic heterocycles. The van der Waals surface area contributed by atoms with E-state index in [9.17, 15) is 13.2 Å². The van der Waals surface area contributed by atoms with Crippen LogP contribution in [-0.2, 0) is 16.4 Å². The van der Waals surface area contributed by atoms with Crippen LogP contribution in [0.15, 0.2) is 21.6 Å². The van der Waals surface area contributed by atoms with Crippen LogP contribution < -0.4 is 10.9 Å². The van der Waals surface area contributed by atoms with Gasteiger partial charge in [-0.3, -0.25) is 4.79 Å². The van der Waals surface area contributed by atoms with E-state index in [1.54, 1.807) is 13.8 Å². The van der Waals surface area contributed by atoms with Crippen LogP contribution in [0.3, 0.4) is 0 Å². The number of nitrogens with two attached hydrogens (primary N) is 2. The molecular formula is C12H16N4O4S. The van der Waals surface area contributed by atoms with E-state index in [1.165, 1.54) is 10.7 Å². The second-order valence-corrected chi connectivity index (χ2v) is 6.06. The van der Waals surface area contributed by atoms with Crippen molar-refractivity contribution < 1.29 is 17.6 Å². The Bertz CT molecular complexity index is 788. The molecule has 114 valence electrons. The van der Waals surface area contributed by atoms with E-state index in [0.717, 1.165) is 11.6 Å². The SMILES string of the molecule is Cc1nn(C(=O)c2ccc(S(N)(=O)=O)o2)c(C)c1CCN. The summed E-state index contributed by atoms with van der Waals surface area (Å²) in [5.41, 5.74) is 7.77. The van der Waals surface area contributed by atoms with Crippen LogP contribution in [0.5, 0.6) is 0 Å². The fourth-order valence-corrected chi connectivity index (χ4v) is 2.53. The lowest BCUT2D eigenvalue weighted by atomic mass is 10.1. The van der Waals surface area contributed by atoms with Gasteiger partial charge in [-0.15, -0.1) is 0 Å². The number of carbonyl (C=O) groups is 1. The number of rotatable bonds is 4. The molecule has 2 heterocycles. The molecule has 0 unspecified atom stereocenters. The van der Waals surface area contributed by atoms with Gasteiger partial charge in [-0.1, -0.05) is 0 Å². The summed E-state index contributed by atoms with van der Waals surface area (Å²) in [6.07, 6.45) is 0.603. The average Bonchev–Trinajstić information content (AvgIpc) is 2.98. The molecule has 0 fully saturated rings. The van der Waals surface area contributed by atoms with Crippen molar-refractivity contribution in [3.05, 3.63) is 34.8 Å². The normalized spacial score (nSPS) is 11.8. The molecule has 0 saturated carbocycles. The molecule has 0 spiro atoms. The quantitative estimate of drug-likeness (QED) is 0.811. The summed E-state index contributed by atoms with van der Waals surface area (Å²) < 4.78 is 28.5. The Balaban J connectivity index is 2.41. The summed E-state index contributed by atoms with van der Waals surface area (Å²) in [6.45, 7) is 3.96. The molecular weight excluding hydrogens is 296 g/mol. The first-order chi connectivity index (χ1) is 9.75. The molecule has 0 amide bonds. The highest BCUT2D eigenvalue weighted by molar-refractivity contribution is 7.89. The minimum atomic E-state index is -3.98. The maximum absolute atomic E-state index is 12.3. The zero-order valence-electron chi connectivity index (χ0n) is 11.7. The second-order valence-electron chi connectivity index (χ2n) is 4.57. The van der Waals surface area contributed by atoms with E-state index < -0.39 is 21.0 Å². The summed E-state index contributed by atoms with van der Waals surface area (Å²) in [5.74, 6) is -0.710. The van der Waals surface area contributed by atoms with Gasteiger partial charge < -0.3 is 10.2 Å². The maximum Gasteiger partial charge on any atom is 0.314 e. The number of primary sulfonamides is 1. The molecule has 0 aliphatic rings. The third-order valence-electron chi connectivity index (χ3n) is 3.10. The number of aryl methyl sites for hydroxylation is 1. The van der Waals surface area contributed by atoms with E-state index in [0.29, 0.717) is 24.4 Å². The molecule has 2 rings (SSSR count). The average molecular weight is 312 g/mol. The third-order valence-corrected chi connectivity index (χ3v) is 3.88. The predicted molar refractivity (Wildman–Crippen MR) is 74.3 cm³/mol. The van der Waals surface area contributed by atoms with Crippen molar-refractivity contribution in [2.24, 2.45) is 10.9 Å². The third kappa shape index (κ3) is 2.89. The Morgan fingerprint density at radius 2 is 2.05 bits per heavy atom. The van der Waals surface area contributed by atoms with Crippen molar-refractivity contribution >= 4 is 15.9 Å². The minimum absolute atomic E-state index is 0.149. The predicted octanol–water partition coefficient (Wildman–Crippen LogP) is -0.0700. The first kappa shape index (κ1) is 15.4. The van der Waals surface area contributed by atoms with Gasteiger partial charge in [0.05, 0.1) is 5.69 Å². The molecule has 4 N–H and O–H groups in total. The molecule has 0 bridgehead atoms. The lowest BCUT2D eigenvalue weighted by Gasteiger charge is -2.01. The number of hydrogen-bond donors (Lipinski definition) is 2. The molecule has 0 atom stereocenters. The van der Waals surface area contributed by atoms with Crippen molar-refractivity contribution in [1.82, 2.24) is 9.78 Å². The molecule has 21 heavy (non-hydrogen) atoms. The molecule has 0 aromatic carbocycles. The van der Waals surface area contributed by atoms with Crippen molar-refractivity contribution in [1.29, 1.82) is 0 Å². The van der Waals surface area contributed by atoms with Crippen molar-refractivity contribution in [3.8, 4) is 0 Å². The first-order valence-electron chi connectivity index (χ1n) is 6.18. The van der Waals surface area contributed by atoms with Crippen molar-refractivity contribution in [2.75, 3.05) is 6.54 Å². The Labute approximate surface area is 121 Å². The van der Waals surface area contributed by atoms with E-state index in [2.05, 4.69) is 5.10 Å². The monoisotopic (exact) mass is 312 g/mol. The Kier molecular flexibility index (Phi) is 3.99. The first-order valence-corrected chi connectivity index (χ1v) is 7.73. The highest BCUT2D eigenvalue weighted by atomic mass is 32.2. The fourth-order valence-electron chi connectivity index (χ4n) is 2.07. The van der Waals surface area contributed by atoms with Crippen LogP contribution in [0, 0.1) is 13.8 Å². The van der Waals surface area contributed by atoms with Gasteiger partial charge in [0.1, 0.15) is 0 Å². The largest absolute Gasteiger partial charge is 0.438 e. The molecule has 2 aromatic rings. The topological polar surface area (TPSA) is 134 Å². The van der Waals surface area contributed by atoms with Gasteiger partial charge in [-0.05, 0) is 44.5 Å². The van der Waals surface area contributed by atoms with Gasteiger partial charge in [-0.25, -0.2) is 13.6 Å². The molecule has 0 saturated heterocycles. The fraction of sp³-hybridized carbons (Fsp3) is 0.333. The van der Waals surface area contributed by atoms with E-state index in [4.69, 9.17) is 15.3 Å². The highest BCUT2D eigenvalue weighted by Gasteiger charge is 2.22. The van der Waals surface area contributed by atoms with Gasteiger partial charge in [0.2, 0.25) is 5.09 Å².